The Balaban J connectivity index is 1.66. The van der Waals surface area contributed by atoms with E-state index in [4.69, 9.17) is 16.3 Å². The van der Waals surface area contributed by atoms with Crippen molar-refractivity contribution in [3.63, 3.8) is 0 Å². The Kier molecular flexibility index (Phi) is 6.83. The number of hydrogen-bond acceptors (Lipinski definition) is 5. The normalized spacial score (nSPS) is 15.1. The quantitative estimate of drug-likeness (QED) is 0.499. The molecule has 31 heavy (non-hydrogen) atoms. The van der Waals surface area contributed by atoms with Gasteiger partial charge in [0.1, 0.15) is 5.75 Å². The molecule has 8 heteroatoms. The van der Waals surface area contributed by atoms with Crippen LogP contribution in [0.5, 0.6) is 5.75 Å². The molecule has 1 saturated carbocycles. The summed E-state index contributed by atoms with van der Waals surface area (Å²) in [6.07, 6.45) is 4.48. The summed E-state index contributed by atoms with van der Waals surface area (Å²) in [6.45, 7) is 1.90. The number of carbonyl (C=O) groups excluding carboxylic acids is 1. The molecule has 6 nitrogen and oxygen atoms in total. The number of aromatic nitrogens is 3. The number of nitrogens with zero attached hydrogens (tertiary/aromatic N) is 3. The largest absolute Gasteiger partial charge is 0.497 e. The number of rotatable bonds is 7. The molecule has 1 N–H and O–H groups in total. The van der Waals surface area contributed by atoms with E-state index in [0.717, 1.165) is 29.8 Å². The highest BCUT2D eigenvalue weighted by Gasteiger charge is 2.24. The van der Waals surface area contributed by atoms with Crippen LogP contribution >= 0.6 is 23.4 Å². The van der Waals surface area contributed by atoms with Crippen LogP contribution in [0.3, 0.4) is 0 Å². The standard InChI is InChI=1S/C23H25ClN4O2S/c1-15(22(29)25-18-7-3-4-8-18)31-23-27-26-21(16-6-5-9-20(14-16)30-2)28(23)19-12-10-17(24)11-13-19/h5-6,9-15,18H,3-4,7-8H2,1-2H3,(H,25,29). The number of carbonyl (C=O) groups is 1. The van der Waals surface area contributed by atoms with Crippen molar-refractivity contribution in [1.82, 2.24) is 20.1 Å². The number of halogens is 1. The third-order valence-electron chi connectivity index (χ3n) is 5.40. The van der Waals surface area contributed by atoms with Crippen LogP contribution in [0.2, 0.25) is 5.02 Å². The van der Waals surface area contributed by atoms with Crippen molar-refractivity contribution in [2.75, 3.05) is 7.11 Å². The van der Waals surface area contributed by atoms with Crippen LogP contribution in [-0.2, 0) is 4.79 Å². The van der Waals surface area contributed by atoms with Gasteiger partial charge in [-0.05, 0) is 56.2 Å². The van der Waals surface area contributed by atoms with Gasteiger partial charge in [0.2, 0.25) is 5.91 Å². The minimum absolute atomic E-state index is 0.0329. The van der Waals surface area contributed by atoms with Gasteiger partial charge in [-0.1, -0.05) is 48.3 Å². The van der Waals surface area contributed by atoms with Crippen LogP contribution < -0.4 is 10.1 Å². The van der Waals surface area contributed by atoms with E-state index < -0.39 is 0 Å². The first-order chi connectivity index (χ1) is 15.0. The van der Waals surface area contributed by atoms with E-state index >= 15 is 0 Å². The molecule has 1 aliphatic carbocycles. The zero-order chi connectivity index (χ0) is 21.8. The summed E-state index contributed by atoms with van der Waals surface area (Å²) < 4.78 is 7.32. The molecule has 3 aromatic rings. The highest BCUT2D eigenvalue weighted by atomic mass is 35.5. The molecule has 1 heterocycles. The van der Waals surface area contributed by atoms with E-state index in [9.17, 15) is 4.79 Å². The summed E-state index contributed by atoms with van der Waals surface area (Å²) in [7, 11) is 1.63. The summed E-state index contributed by atoms with van der Waals surface area (Å²) >= 11 is 7.50. The number of methoxy groups -OCH3 is 1. The summed E-state index contributed by atoms with van der Waals surface area (Å²) in [5.41, 5.74) is 1.75. The molecule has 0 aliphatic heterocycles. The van der Waals surface area contributed by atoms with E-state index in [1.165, 1.54) is 24.6 Å². The third-order valence-corrected chi connectivity index (χ3v) is 6.69. The molecule has 0 bridgehead atoms. The average molecular weight is 457 g/mol. The molecule has 1 aromatic heterocycles. The molecular weight excluding hydrogens is 432 g/mol. The molecule has 1 atom stereocenters. The van der Waals surface area contributed by atoms with Crippen molar-refractivity contribution in [2.45, 2.75) is 49.1 Å². The van der Waals surface area contributed by atoms with Gasteiger partial charge in [0.25, 0.3) is 0 Å². The minimum atomic E-state index is -0.297. The van der Waals surface area contributed by atoms with Gasteiger partial charge in [-0.3, -0.25) is 9.36 Å². The van der Waals surface area contributed by atoms with Crippen LogP contribution in [-0.4, -0.2) is 39.1 Å². The Morgan fingerprint density at radius 2 is 1.94 bits per heavy atom. The second kappa shape index (κ2) is 9.75. The van der Waals surface area contributed by atoms with E-state index in [-0.39, 0.29) is 17.2 Å². The lowest BCUT2D eigenvalue weighted by Gasteiger charge is -2.17. The lowest BCUT2D eigenvalue weighted by molar-refractivity contribution is -0.120. The maximum atomic E-state index is 12.7. The van der Waals surface area contributed by atoms with Crippen molar-refractivity contribution in [1.29, 1.82) is 0 Å². The molecule has 162 valence electrons. The fraction of sp³-hybridized carbons (Fsp3) is 0.348. The van der Waals surface area contributed by atoms with Crippen LogP contribution in [0.4, 0.5) is 0 Å². The highest BCUT2D eigenvalue weighted by molar-refractivity contribution is 8.00. The monoisotopic (exact) mass is 456 g/mol. The fourth-order valence-corrected chi connectivity index (χ4v) is 4.72. The lowest BCUT2D eigenvalue weighted by atomic mass is 10.2. The Hall–Kier alpha value is -2.51. The number of benzene rings is 2. The lowest BCUT2D eigenvalue weighted by Crippen LogP contribution is -2.37. The number of hydrogen-bond donors (Lipinski definition) is 1. The van der Waals surface area contributed by atoms with E-state index in [0.29, 0.717) is 16.0 Å². The molecule has 0 radical (unpaired) electrons. The van der Waals surface area contributed by atoms with Gasteiger partial charge >= 0.3 is 0 Å². The van der Waals surface area contributed by atoms with Crippen LogP contribution in [0.25, 0.3) is 17.1 Å². The molecule has 0 spiro atoms. The molecule has 1 unspecified atom stereocenters. The predicted octanol–water partition coefficient (Wildman–Crippen LogP) is 5.14. The Morgan fingerprint density at radius 3 is 2.65 bits per heavy atom. The van der Waals surface area contributed by atoms with Crippen molar-refractivity contribution in [3.8, 4) is 22.8 Å². The summed E-state index contributed by atoms with van der Waals surface area (Å²) in [5.74, 6) is 1.44. The van der Waals surface area contributed by atoms with Crippen molar-refractivity contribution < 1.29 is 9.53 Å². The fourth-order valence-electron chi connectivity index (χ4n) is 3.72. The Bertz CT molecular complexity index is 1050. The molecule has 2 aromatic carbocycles. The summed E-state index contributed by atoms with van der Waals surface area (Å²) in [4.78, 5) is 12.7. The Morgan fingerprint density at radius 1 is 1.19 bits per heavy atom. The summed E-state index contributed by atoms with van der Waals surface area (Å²) in [5, 5.41) is 13.0. The van der Waals surface area contributed by atoms with Crippen molar-refractivity contribution >= 4 is 29.3 Å². The van der Waals surface area contributed by atoms with Gasteiger partial charge in [-0.25, -0.2) is 0 Å². The first kappa shape index (κ1) is 21.7. The number of nitrogens with one attached hydrogen (secondary N) is 1. The van der Waals surface area contributed by atoms with Crippen molar-refractivity contribution in [2.24, 2.45) is 0 Å². The van der Waals surface area contributed by atoms with Gasteiger partial charge in [0.05, 0.1) is 12.4 Å². The second-order valence-corrected chi connectivity index (χ2v) is 9.34. The molecule has 0 saturated heterocycles. The van der Waals surface area contributed by atoms with Gasteiger partial charge in [0, 0.05) is 22.3 Å². The number of ether oxygens (including phenoxy) is 1. The first-order valence-electron chi connectivity index (χ1n) is 10.4. The van der Waals surface area contributed by atoms with Gasteiger partial charge in [-0.2, -0.15) is 0 Å². The molecule has 1 amide bonds. The van der Waals surface area contributed by atoms with Crippen LogP contribution in [0.15, 0.2) is 53.7 Å². The van der Waals surface area contributed by atoms with E-state index in [1.807, 2.05) is 60.0 Å². The van der Waals surface area contributed by atoms with Gasteiger partial charge in [0.15, 0.2) is 11.0 Å². The van der Waals surface area contributed by atoms with E-state index in [2.05, 4.69) is 15.5 Å². The minimum Gasteiger partial charge on any atom is -0.497 e. The van der Waals surface area contributed by atoms with Gasteiger partial charge < -0.3 is 10.1 Å². The van der Waals surface area contributed by atoms with Gasteiger partial charge in [-0.15, -0.1) is 10.2 Å². The molecule has 1 fully saturated rings. The molecule has 4 rings (SSSR count). The molecule has 1 aliphatic rings. The van der Waals surface area contributed by atoms with E-state index in [1.54, 1.807) is 7.11 Å². The number of amides is 1. The van der Waals surface area contributed by atoms with Crippen LogP contribution in [0, 0.1) is 0 Å². The third kappa shape index (κ3) is 5.05. The Labute approximate surface area is 191 Å². The first-order valence-corrected chi connectivity index (χ1v) is 11.6. The average Bonchev–Trinajstić information content (AvgIpc) is 3.44. The molecular formula is C23H25ClN4O2S. The zero-order valence-corrected chi connectivity index (χ0v) is 19.1. The number of thioether (sulfide) groups is 1. The highest BCUT2D eigenvalue weighted by Crippen LogP contribution is 2.32. The predicted molar refractivity (Wildman–Crippen MR) is 124 cm³/mol. The summed E-state index contributed by atoms with van der Waals surface area (Å²) in [6, 6.07) is 15.5. The second-order valence-electron chi connectivity index (χ2n) is 7.60. The maximum Gasteiger partial charge on any atom is 0.233 e. The SMILES string of the molecule is COc1cccc(-c2nnc(SC(C)C(=O)NC3CCCC3)n2-c2ccc(Cl)cc2)c1. The topological polar surface area (TPSA) is 69.0 Å². The van der Waals surface area contributed by atoms with Crippen molar-refractivity contribution in [3.05, 3.63) is 53.6 Å². The zero-order valence-electron chi connectivity index (χ0n) is 17.5. The smallest absolute Gasteiger partial charge is 0.233 e. The maximum absolute atomic E-state index is 12.7. The van der Waals surface area contributed by atoms with Crippen LogP contribution in [0.1, 0.15) is 32.6 Å².